The Kier molecular flexibility index (Phi) is 2.86. The summed E-state index contributed by atoms with van der Waals surface area (Å²) >= 11 is 0. The molecule has 0 atom stereocenters. The molecule has 0 saturated heterocycles. The Morgan fingerprint density at radius 2 is 2.08 bits per heavy atom. The maximum absolute atomic E-state index is 10.9. The minimum Gasteiger partial charge on any atom is -0.328 e. The van der Waals surface area contributed by atoms with E-state index in [0.717, 1.165) is 0 Å². The molecular formula is C8H6N2O3. The molecule has 1 rings (SSSR count). The van der Waals surface area contributed by atoms with Crippen LogP contribution in [0.25, 0.3) is 0 Å². The molecule has 0 fully saturated rings. The number of nitrogens with one attached hydrogen (secondary N) is 1. The molecule has 0 unspecified atom stereocenters. The molecule has 1 aromatic carbocycles. The van der Waals surface area contributed by atoms with Gasteiger partial charge in [-0.2, -0.15) is 0 Å². The fraction of sp³-hybridized carbons (Fsp3) is 0. The Balaban J connectivity index is 3.28. The summed E-state index contributed by atoms with van der Waals surface area (Å²) in [4.78, 5) is 31.1. The molecule has 13 heavy (non-hydrogen) atoms. The van der Waals surface area contributed by atoms with Crippen molar-refractivity contribution in [1.82, 2.24) is 0 Å². The summed E-state index contributed by atoms with van der Waals surface area (Å²) in [6, 6.07) is 4.99. The Morgan fingerprint density at radius 1 is 1.31 bits per heavy atom. The van der Waals surface area contributed by atoms with Crippen LogP contribution in [-0.4, -0.2) is 6.41 Å². The quantitative estimate of drug-likeness (QED) is 0.554. The smallest absolute Gasteiger partial charge is 0.211 e. The van der Waals surface area contributed by atoms with Crippen LogP contribution < -0.4 is 10.7 Å². The van der Waals surface area contributed by atoms with Crippen LogP contribution in [0.1, 0.15) is 0 Å². The van der Waals surface area contributed by atoms with Crippen molar-refractivity contribution in [2.75, 3.05) is 5.32 Å². The van der Waals surface area contributed by atoms with E-state index >= 15 is 0 Å². The van der Waals surface area contributed by atoms with Crippen molar-refractivity contribution >= 4 is 17.8 Å². The van der Waals surface area contributed by atoms with Crippen molar-refractivity contribution in [3.05, 3.63) is 39.4 Å². The lowest BCUT2D eigenvalue weighted by molar-refractivity contribution is -0.105. The van der Waals surface area contributed by atoms with E-state index in [-0.39, 0.29) is 16.8 Å². The van der Waals surface area contributed by atoms with Crippen molar-refractivity contribution in [2.45, 2.75) is 0 Å². The van der Waals surface area contributed by atoms with Crippen LogP contribution in [0.3, 0.4) is 0 Å². The van der Waals surface area contributed by atoms with E-state index in [1.807, 2.05) is 0 Å². The van der Waals surface area contributed by atoms with Gasteiger partial charge in [0.1, 0.15) is 5.69 Å². The summed E-state index contributed by atoms with van der Waals surface area (Å²) in [6.07, 6.45) is 0.420. The van der Waals surface area contributed by atoms with Crippen molar-refractivity contribution in [2.24, 2.45) is 5.18 Å². The molecule has 0 saturated carbocycles. The largest absolute Gasteiger partial charge is 0.328 e. The maximum Gasteiger partial charge on any atom is 0.211 e. The second kappa shape index (κ2) is 4.10. The lowest BCUT2D eigenvalue weighted by Crippen LogP contribution is -1.96. The molecule has 5 heteroatoms. The first-order chi connectivity index (χ1) is 6.26. The SMILES string of the molecule is O=CNc1cc(N=O)ccc(=O)c1. The zero-order valence-electron chi connectivity index (χ0n) is 6.56. The number of hydrogen-bond donors (Lipinski definition) is 1. The highest BCUT2D eigenvalue weighted by Gasteiger charge is 1.94. The number of nitroso groups, excluding NO2 is 1. The highest BCUT2D eigenvalue weighted by molar-refractivity contribution is 5.72. The Morgan fingerprint density at radius 3 is 2.69 bits per heavy atom. The number of rotatable bonds is 3. The van der Waals surface area contributed by atoms with Crippen LogP contribution in [0.2, 0.25) is 0 Å². The number of hydrogen-bond acceptors (Lipinski definition) is 4. The van der Waals surface area contributed by atoms with Gasteiger partial charge in [0, 0.05) is 11.8 Å². The van der Waals surface area contributed by atoms with Crippen LogP contribution in [0.4, 0.5) is 11.4 Å². The molecule has 0 heterocycles. The van der Waals surface area contributed by atoms with Gasteiger partial charge in [0.05, 0.1) is 0 Å². The average Bonchev–Trinajstić information content (AvgIpc) is 2.28. The van der Waals surface area contributed by atoms with Gasteiger partial charge in [0.15, 0.2) is 5.43 Å². The minimum absolute atomic E-state index is 0.0893. The molecule has 0 radical (unpaired) electrons. The zero-order valence-corrected chi connectivity index (χ0v) is 6.56. The van der Waals surface area contributed by atoms with E-state index in [1.165, 1.54) is 24.3 Å². The van der Waals surface area contributed by atoms with Gasteiger partial charge in [-0.25, -0.2) is 0 Å². The first kappa shape index (κ1) is 9.05. The Hall–Kier alpha value is -2.04. The van der Waals surface area contributed by atoms with Crippen molar-refractivity contribution in [3.8, 4) is 0 Å². The molecule has 0 aliphatic rings. The summed E-state index contributed by atoms with van der Waals surface area (Å²) in [7, 11) is 0. The van der Waals surface area contributed by atoms with Gasteiger partial charge in [-0.1, -0.05) is 0 Å². The standard InChI is InChI=1S/C8H6N2O3/c11-5-9-7-3-6(10-13)1-2-8(12)4-7/h1-5H,(H,9,11). The van der Waals surface area contributed by atoms with Gasteiger partial charge >= 0.3 is 0 Å². The second-order valence-corrected chi connectivity index (χ2v) is 2.26. The van der Waals surface area contributed by atoms with E-state index in [1.54, 1.807) is 0 Å². The summed E-state index contributed by atoms with van der Waals surface area (Å²) in [5.74, 6) is 0. The normalized spacial score (nSPS) is 8.92. The topological polar surface area (TPSA) is 75.6 Å². The molecule has 0 aliphatic heterocycles. The number of amides is 1. The summed E-state index contributed by atoms with van der Waals surface area (Å²) in [5.41, 5.74) is 0.0327. The molecule has 0 bridgehead atoms. The molecule has 1 aromatic rings. The van der Waals surface area contributed by atoms with Crippen LogP contribution in [0.5, 0.6) is 0 Å². The highest BCUT2D eigenvalue weighted by Crippen LogP contribution is 2.12. The summed E-state index contributed by atoms with van der Waals surface area (Å²) < 4.78 is 0. The maximum atomic E-state index is 10.9. The van der Waals surface area contributed by atoms with Crippen molar-refractivity contribution in [3.63, 3.8) is 0 Å². The lowest BCUT2D eigenvalue weighted by Gasteiger charge is -1.90. The van der Waals surface area contributed by atoms with Gasteiger partial charge in [-0.15, -0.1) is 4.91 Å². The third-order valence-corrected chi connectivity index (χ3v) is 1.35. The molecule has 0 spiro atoms. The van der Waals surface area contributed by atoms with Gasteiger partial charge in [-0.3, -0.25) is 9.59 Å². The zero-order chi connectivity index (χ0) is 9.68. The van der Waals surface area contributed by atoms with Gasteiger partial charge in [0.25, 0.3) is 0 Å². The summed E-state index contributed by atoms with van der Waals surface area (Å²) in [6.45, 7) is 0. The van der Waals surface area contributed by atoms with Gasteiger partial charge in [0.2, 0.25) is 6.41 Å². The van der Waals surface area contributed by atoms with Gasteiger partial charge in [-0.05, 0) is 23.4 Å². The molecular weight excluding hydrogens is 172 g/mol. The number of carbonyl (C=O) groups excluding carboxylic acids is 1. The fourth-order valence-electron chi connectivity index (χ4n) is 0.826. The van der Waals surface area contributed by atoms with E-state index < -0.39 is 0 Å². The third kappa shape index (κ3) is 2.48. The van der Waals surface area contributed by atoms with Gasteiger partial charge < -0.3 is 5.32 Å². The number of nitrogens with zero attached hydrogens (tertiary/aromatic N) is 1. The van der Waals surface area contributed by atoms with E-state index in [2.05, 4.69) is 10.5 Å². The van der Waals surface area contributed by atoms with Crippen molar-refractivity contribution in [1.29, 1.82) is 0 Å². The van der Waals surface area contributed by atoms with E-state index in [0.29, 0.717) is 6.41 Å². The van der Waals surface area contributed by atoms with E-state index in [4.69, 9.17) is 0 Å². The highest BCUT2D eigenvalue weighted by atomic mass is 16.3. The number of carbonyl (C=O) groups is 1. The van der Waals surface area contributed by atoms with Crippen molar-refractivity contribution < 1.29 is 4.79 Å². The molecule has 1 amide bonds. The first-order valence-corrected chi connectivity index (χ1v) is 3.45. The van der Waals surface area contributed by atoms with Crippen LogP contribution in [0.15, 0.2) is 34.2 Å². The van der Waals surface area contributed by atoms with E-state index in [9.17, 15) is 14.5 Å². The average molecular weight is 178 g/mol. The Bertz CT molecular complexity index is 389. The lowest BCUT2D eigenvalue weighted by atomic mass is 10.4. The molecule has 1 N–H and O–H groups in total. The predicted molar refractivity (Wildman–Crippen MR) is 47.9 cm³/mol. The predicted octanol–water partition coefficient (Wildman–Crippen LogP) is 1.01. The summed E-state index contributed by atoms with van der Waals surface area (Å²) in [5, 5.41) is 4.91. The third-order valence-electron chi connectivity index (χ3n) is 1.35. The minimum atomic E-state index is -0.306. The van der Waals surface area contributed by atoms with Crippen LogP contribution in [0, 0.1) is 4.91 Å². The second-order valence-electron chi connectivity index (χ2n) is 2.26. The van der Waals surface area contributed by atoms with Crippen LogP contribution in [-0.2, 0) is 4.79 Å². The number of anilines is 1. The first-order valence-electron chi connectivity index (χ1n) is 3.45. The fourth-order valence-corrected chi connectivity index (χ4v) is 0.826. The molecule has 0 aromatic heterocycles. The van der Waals surface area contributed by atoms with Crippen LogP contribution >= 0.6 is 0 Å². The molecule has 0 aliphatic carbocycles. The Labute approximate surface area is 73.4 Å². The molecule has 5 nitrogen and oxygen atoms in total. The molecule has 66 valence electrons. The monoisotopic (exact) mass is 178 g/mol.